The molecule has 0 radical (unpaired) electrons. The molecule has 1 aliphatic rings. The molecule has 7 heteroatoms. The van der Waals surface area contributed by atoms with E-state index in [9.17, 15) is 9.59 Å². The molecule has 0 spiro atoms. The average molecular weight is 349 g/mol. The zero-order valence-electron chi connectivity index (χ0n) is 13.6. The van der Waals surface area contributed by atoms with Gasteiger partial charge in [-0.25, -0.2) is 0 Å². The van der Waals surface area contributed by atoms with Gasteiger partial charge in [0.1, 0.15) is 0 Å². The molecule has 1 aromatic carbocycles. The smallest absolute Gasteiger partial charge is 0.242 e. The quantitative estimate of drug-likeness (QED) is 0.874. The Morgan fingerprint density at radius 1 is 1.25 bits per heavy atom. The fraction of sp³-hybridized carbons (Fsp3) is 0.412. The Morgan fingerprint density at radius 2 is 2.00 bits per heavy atom. The van der Waals surface area contributed by atoms with Crippen LogP contribution in [0.15, 0.2) is 24.4 Å². The summed E-state index contributed by atoms with van der Waals surface area (Å²) in [5.41, 5.74) is 1.81. The summed E-state index contributed by atoms with van der Waals surface area (Å²) in [5, 5.41) is 4.28. The molecule has 2 amide bonds. The second-order valence-electron chi connectivity index (χ2n) is 6.14. The van der Waals surface area contributed by atoms with Crippen LogP contribution in [0.1, 0.15) is 5.56 Å². The Hall–Kier alpha value is -2.05. The molecule has 0 saturated carbocycles. The van der Waals surface area contributed by atoms with E-state index in [4.69, 9.17) is 11.6 Å². The van der Waals surface area contributed by atoms with Gasteiger partial charge in [0.2, 0.25) is 11.8 Å². The largest absolute Gasteiger partial charge is 0.361 e. The van der Waals surface area contributed by atoms with Crippen LogP contribution >= 0.6 is 11.6 Å². The van der Waals surface area contributed by atoms with Crippen molar-refractivity contribution in [3.05, 3.63) is 35.0 Å². The van der Waals surface area contributed by atoms with Crippen molar-refractivity contribution in [1.29, 1.82) is 0 Å². The first-order valence-corrected chi connectivity index (χ1v) is 8.39. The number of H-pyrrole nitrogens is 1. The van der Waals surface area contributed by atoms with Gasteiger partial charge in [-0.3, -0.25) is 9.59 Å². The maximum atomic E-state index is 12.1. The second-order valence-corrected chi connectivity index (χ2v) is 6.58. The van der Waals surface area contributed by atoms with Crippen molar-refractivity contribution in [2.75, 3.05) is 39.8 Å². The molecule has 0 unspecified atom stereocenters. The van der Waals surface area contributed by atoms with Crippen molar-refractivity contribution in [3.8, 4) is 0 Å². The molecule has 2 heterocycles. The van der Waals surface area contributed by atoms with Gasteiger partial charge in [-0.15, -0.1) is 0 Å². The molecule has 24 heavy (non-hydrogen) atoms. The van der Waals surface area contributed by atoms with Crippen molar-refractivity contribution in [1.82, 2.24) is 20.1 Å². The first-order valence-electron chi connectivity index (χ1n) is 8.01. The van der Waals surface area contributed by atoms with Crippen LogP contribution in [0.3, 0.4) is 0 Å². The Labute approximate surface area is 145 Å². The van der Waals surface area contributed by atoms with Gasteiger partial charge in [0.15, 0.2) is 0 Å². The number of piperazine rings is 1. The normalized spacial score (nSPS) is 15.7. The minimum atomic E-state index is -0.168. The third kappa shape index (κ3) is 3.88. The molecule has 0 atom stereocenters. The number of fused-ring (bicyclic) bond motifs is 1. The summed E-state index contributed by atoms with van der Waals surface area (Å²) in [6.45, 7) is 3.22. The second kappa shape index (κ2) is 7.23. The summed E-state index contributed by atoms with van der Waals surface area (Å²) < 4.78 is 0. The van der Waals surface area contributed by atoms with Crippen LogP contribution in [0.4, 0.5) is 0 Å². The van der Waals surface area contributed by atoms with Crippen LogP contribution in [0.25, 0.3) is 10.9 Å². The molecule has 1 saturated heterocycles. The number of hydrogen-bond donors (Lipinski definition) is 2. The van der Waals surface area contributed by atoms with Crippen LogP contribution in [0, 0.1) is 0 Å². The molecule has 128 valence electrons. The number of amides is 2. The Bertz CT molecular complexity index is 750. The topological polar surface area (TPSA) is 68.4 Å². The number of nitrogens with zero attached hydrogens (tertiary/aromatic N) is 2. The molecule has 2 N–H and O–H groups in total. The average Bonchev–Trinajstić information content (AvgIpc) is 2.95. The lowest BCUT2D eigenvalue weighted by molar-refractivity contribution is -0.134. The highest BCUT2D eigenvalue weighted by atomic mass is 35.5. The molecule has 1 aromatic heterocycles. The molecule has 3 rings (SSSR count). The van der Waals surface area contributed by atoms with Crippen LogP contribution < -0.4 is 5.32 Å². The Balaban J connectivity index is 1.53. The van der Waals surface area contributed by atoms with Crippen molar-refractivity contribution in [2.24, 2.45) is 0 Å². The fourth-order valence-corrected chi connectivity index (χ4v) is 3.05. The summed E-state index contributed by atoms with van der Waals surface area (Å²) in [6.07, 6.45) is 2.03. The molecule has 1 aliphatic heterocycles. The Kier molecular flexibility index (Phi) is 5.06. The van der Waals surface area contributed by atoms with Gasteiger partial charge in [-0.05, 0) is 30.8 Å². The summed E-state index contributed by atoms with van der Waals surface area (Å²) in [4.78, 5) is 31.4. The Morgan fingerprint density at radius 3 is 2.75 bits per heavy atom. The molecule has 6 nitrogen and oxygen atoms in total. The number of aromatic amines is 1. The van der Waals surface area contributed by atoms with Gasteiger partial charge < -0.3 is 20.1 Å². The van der Waals surface area contributed by atoms with Crippen LogP contribution in [-0.2, 0) is 16.0 Å². The van der Waals surface area contributed by atoms with E-state index >= 15 is 0 Å². The van der Waals surface area contributed by atoms with Gasteiger partial charge in [0.25, 0.3) is 0 Å². The SMILES string of the molecule is CN1CCN(C(=O)CNC(=O)Cc2c[nH]c3ccc(Cl)cc23)CC1. The highest BCUT2D eigenvalue weighted by molar-refractivity contribution is 6.31. The summed E-state index contributed by atoms with van der Waals surface area (Å²) in [7, 11) is 2.04. The first kappa shape index (κ1) is 16.8. The lowest BCUT2D eigenvalue weighted by Crippen LogP contribution is -2.50. The number of benzene rings is 1. The number of carbonyl (C=O) groups is 2. The number of carbonyl (C=O) groups excluding carboxylic acids is 2. The van der Waals surface area contributed by atoms with E-state index in [1.807, 2.05) is 25.4 Å². The number of likely N-dealkylation sites (N-methyl/N-ethyl adjacent to an activating group) is 1. The minimum absolute atomic E-state index is 0.0292. The lowest BCUT2D eigenvalue weighted by Gasteiger charge is -2.32. The van der Waals surface area contributed by atoms with Crippen molar-refractivity contribution < 1.29 is 9.59 Å². The van der Waals surface area contributed by atoms with E-state index in [2.05, 4.69) is 15.2 Å². The number of nitrogens with one attached hydrogen (secondary N) is 2. The molecule has 0 aliphatic carbocycles. The van der Waals surface area contributed by atoms with E-state index in [1.165, 1.54) is 0 Å². The van der Waals surface area contributed by atoms with Gasteiger partial charge in [0.05, 0.1) is 13.0 Å². The standard InChI is InChI=1S/C17H21ClN4O2/c1-21-4-6-22(7-5-21)17(24)11-20-16(23)8-12-10-19-15-3-2-13(18)9-14(12)15/h2-3,9-10,19H,4-8,11H2,1H3,(H,20,23). The predicted molar refractivity (Wildman–Crippen MR) is 94.1 cm³/mol. The predicted octanol–water partition coefficient (Wildman–Crippen LogP) is 1.25. The number of rotatable bonds is 4. The summed E-state index contributed by atoms with van der Waals surface area (Å²) >= 11 is 6.02. The van der Waals surface area contributed by atoms with Crippen LogP contribution in [-0.4, -0.2) is 66.4 Å². The van der Waals surface area contributed by atoms with E-state index in [0.717, 1.165) is 29.6 Å². The molecule has 0 bridgehead atoms. The zero-order chi connectivity index (χ0) is 17.1. The molecule has 1 fully saturated rings. The molecular formula is C17H21ClN4O2. The number of aromatic nitrogens is 1. The van der Waals surface area contributed by atoms with Gasteiger partial charge >= 0.3 is 0 Å². The molecular weight excluding hydrogens is 328 g/mol. The number of hydrogen-bond acceptors (Lipinski definition) is 3. The maximum absolute atomic E-state index is 12.1. The van der Waals surface area contributed by atoms with Crippen molar-refractivity contribution in [3.63, 3.8) is 0 Å². The number of halogens is 1. The van der Waals surface area contributed by atoms with Crippen molar-refractivity contribution in [2.45, 2.75) is 6.42 Å². The minimum Gasteiger partial charge on any atom is -0.361 e. The highest BCUT2D eigenvalue weighted by Crippen LogP contribution is 2.22. The van der Waals surface area contributed by atoms with Gasteiger partial charge in [0, 0.05) is 48.3 Å². The van der Waals surface area contributed by atoms with Gasteiger partial charge in [-0.2, -0.15) is 0 Å². The van der Waals surface area contributed by atoms with Gasteiger partial charge in [-0.1, -0.05) is 11.6 Å². The summed E-state index contributed by atoms with van der Waals surface area (Å²) in [5.74, 6) is -0.197. The van der Waals surface area contributed by atoms with E-state index in [-0.39, 0.29) is 24.8 Å². The highest BCUT2D eigenvalue weighted by Gasteiger charge is 2.19. The van der Waals surface area contributed by atoms with E-state index < -0.39 is 0 Å². The van der Waals surface area contributed by atoms with E-state index in [0.29, 0.717) is 18.1 Å². The van der Waals surface area contributed by atoms with E-state index in [1.54, 1.807) is 11.0 Å². The lowest BCUT2D eigenvalue weighted by atomic mass is 10.1. The third-order valence-electron chi connectivity index (χ3n) is 4.37. The fourth-order valence-electron chi connectivity index (χ4n) is 2.87. The third-order valence-corrected chi connectivity index (χ3v) is 4.61. The summed E-state index contributed by atoms with van der Waals surface area (Å²) in [6, 6.07) is 5.53. The first-order chi connectivity index (χ1) is 11.5. The monoisotopic (exact) mass is 348 g/mol. The molecule has 2 aromatic rings. The zero-order valence-corrected chi connectivity index (χ0v) is 14.4. The van der Waals surface area contributed by atoms with Crippen LogP contribution in [0.2, 0.25) is 5.02 Å². The van der Waals surface area contributed by atoms with Crippen LogP contribution in [0.5, 0.6) is 0 Å². The maximum Gasteiger partial charge on any atom is 0.242 e. The van der Waals surface area contributed by atoms with Crippen molar-refractivity contribution >= 4 is 34.3 Å².